The van der Waals surface area contributed by atoms with Gasteiger partial charge in [-0.3, -0.25) is 4.79 Å². The van der Waals surface area contributed by atoms with Crippen molar-refractivity contribution < 1.29 is 4.79 Å². The average molecular weight is 327 g/mol. The number of carbonyl (C=O) groups excluding carboxylic acids is 1. The first-order valence-corrected chi connectivity index (χ1v) is 6.32. The van der Waals surface area contributed by atoms with Gasteiger partial charge < -0.3 is 5.32 Å². The van der Waals surface area contributed by atoms with Gasteiger partial charge >= 0.3 is 0 Å². The van der Waals surface area contributed by atoms with Gasteiger partial charge in [-0.1, -0.05) is 17.7 Å². The average Bonchev–Trinajstić information content (AvgIpc) is 2.40. The van der Waals surface area contributed by atoms with Crippen LogP contribution in [-0.2, 0) is 6.54 Å². The Morgan fingerprint density at radius 3 is 2.94 bits per heavy atom. The summed E-state index contributed by atoms with van der Waals surface area (Å²) in [6, 6.07) is 6.95. The number of amides is 1. The van der Waals surface area contributed by atoms with Crippen LogP contribution in [0.15, 0.2) is 41.3 Å². The minimum absolute atomic E-state index is 0.236. The summed E-state index contributed by atoms with van der Waals surface area (Å²) in [5, 5.41) is 3.15. The maximum atomic E-state index is 11.9. The molecule has 0 aliphatic rings. The van der Waals surface area contributed by atoms with Crippen molar-refractivity contribution in [1.82, 2.24) is 15.3 Å². The predicted molar refractivity (Wildman–Crippen MR) is 72.4 cm³/mol. The number of nitrogens with zero attached hydrogens (tertiary/aromatic N) is 2. The SMILES string of the molecule is O=C(NCc1ccncn1)c1cccc(Br)c1Cl. The van der Waals surface area contributed by atoms with Gasteiger partial charge in [-0.25, -0.2) is 9.97 Å². The Morgan fingerprint density at radius 2 is 2.22 bits per heavy atom. The molecule has 0 radical (unpaired) electrons. The lowest BCUT2D eigenvalue weighted by Gasteiger charge is -2.07. The summed E-state index contributed by atoms with van der Waals surface area (Å²) in [5.41, 5.74) is 1.17. The zero-order valence-electron chi connectivity index (χ0n) is 9.23. The monoisotopic (exact) mass is 325 g/mol. The number of hydrogen-bond donors (Lipinski definition) is 1. The number of nitrogens with one attached hydrogen (secondary N) is 1. The molecule has 0 bridgehead atoms. The highest BCUT2D eigenvalue weighted by molar-refractivity contribution is 9.10. The van der Waals surface area contributed by atoms with Gasteiger partial charge in [0.05, 0.1) is 22.8 Å². The van der Waals surface area contributed by atoms with Crippen molar-refractivity contribution in [3.8, 4) is 0 Å². The molecule has 4 nitrogen and oxygen atoms in total. The van der Waals surface area contributed by atoms with Crippen LogP contribution in [0.2, 0.25) is 5.02 Å². The smallest absolute Gasteiger partial charge is 0.253 e. The standard InChI is InChI=1S/C12H9BrClN3O/c13-10-3-1-2-9(11(10)14)12(18)16-6-8-4-5-15-7-17-8/h1-5,7H,6H2,(H,16,18). The van der Waals surface area contributed by atoms with E-state index in [4.69, 9.17) is 11.6 Å². The topological polar surface area (TPSA) is 54.9 Å². The molecule has 0 fully saturated rings. The van der Waals surface area contributed by atoms with Crippen molar-refractivity contribution >= 4 is 33.4 Å². The maximum absolute atomic E-state index is 11.9. The van der Waals surface area contributed by atoms with Crippen molar-refractivity contribution in [3.05, 3.63) is 57.5 Å². The van der Waals surface area contributed by atoms with Gasteiger partial charge in [0.25, 0.3) is 5.91 Å². The number of halogens is 2. The molecule has 1 N–H and O–H groups in total. The molecule has 0 unspecified atom stereocenters. The van der Waals surface area contributed by atoms with E-state index >= 15 is 0 Å². The summed E-state index contributed by atoms with van der Waals surface area (Å²) >= 11 is 9.31. The van der Waals surface area contributed by atoms with Crippen molar-refractivity contribution in [2.75, 3.05) is 0 Å². The third-order valence-corrected chi connectivity index (χ3v) is 3.57. The summed E-state index contributed by atoms with van der Waals surface area (Å²) < 4.78 is 0.693. The molecule has 1 amide bonds. The van der Waals surface area contributed by atoms with E-state index in [1.165, 1.54) is 6.33 Å². The number of rotatable bonds is 3. The summed E-state index contributed by atoms with van der Waals surface area (Å²) in [5.74, 6) is -0.236. The molecule has 1 aromatic carbocycles. The van der Waals surface area contributed by atoms with Gasteiger partial charge in [0.2, 0.25) is 0 Å². The fraction of sp³-hybridized carbons (Fsp3) is 0.0833. The second kappa shape index (κ2) is 5.93. The van der Waals surface area contributed by atoms with Crippen LogP contribution >= 0.6 is 27.5 Å². The molecule has 0 atom stereocenters. The molecule has 0 saturated carbocycles. The fourth-order valence-electron chi connectivity index (χ4n) is 1.37. The zero-order chi connectivity index (χ0) is 13.0. The highest BCUT2D eigenvalue weighted by atomic mass is 79.9. The first-order chi connectivity index (χ1) is 8.68. The molecular formula is C12H9BrClN3O. The Bertz CT molecular complexity index is 563. The molecule has 0 aliphatic carbocycles. The minimum Gasteiger partial charge on any atom is -0.346 e. The van der Waals surface area contributed by atoms with Crippen molar-refractivity contribution in [1.29, 1.82) is 0 Å². The Balaban J connectivity index is 2.07. The summed E-state index contributed by atoms with van der Waals surface area (Å²) in [6.07, 6.45) is 3.06. The van der Waals surface area contributed by atoms with E-state index in [2.05, 4.69) is 31.2 Å². The molecule has 18 heavy (non-hydrogen) atoms. The molecule has 0 spiro atoms. The van der Waals surface area contributed by atoms with Crippen molar-refractivity contribution in [2.24, 2.45) is 0 Å². The maximum Gasteiger partial charge on any atom is 0.253 e. The van der Waals surface area contributed by atoms with Crippen LogP contribution in [0.3, 0.4) is 0 Å². The highest BCUT2D eigenvalue weighted by Crippen LogP contribution is 2.25. The Kier molecular flexibility index (Phi) is 4.28. The second-order valence-corrected chi connectivity index (χ2v) is 4.72. The largest absolute Gasteiger partial charge is 0.346 e. The molecule has 92 valence electrons. The second-order valence-electron chi connectivity index (χ2n) is 3.48. The van der Waals surface area contributed by atoms with Crippen molar-refractivity contribution in [3.63, 3.8) is 0 Å². The van der Waals surface area contributed by atoms with E-state index in [1.807, 2.05) is 0 Å². The Morgan fingerprint density at radius 1 is 1.39 bits per heavy atom. The summed E-state index contributed by atoms with van der Waals surface area (Å²) in [4.78, 5) is 19.8. The number of aromatic nitrogens is 2. The number of carbonyl (C=O) groups is 1. The van der Waals surface area contributed by atoms with Gasteiger partial charge in [-0.15, -0.1) is 0 Å². The van der Waals surface area contributed by atoms with E-state index in [1.54, 1.807) is 30.5 Å². The van der Waals surface area contributed by atoms with Crippen LogP contribution in [0.4, 0.5) is 0 Å². The van der Waals surface area contributed by atoms with Crippen LogP contribution in [0.5, 0.6) is 0 Å². The molecule has 1 aromatic heterocycles. The molecule has 6 heteroatoms. The Hall–Kier alpha value is -1.46. The van der Waals surface area contributed by atoms with E-state index < -0.39 is 0 Å². The van der Waals surface area contributed by atoms with Crippen LogP contribution in [0.1, 0.15) is 16.1 Å². The summed E-state index contributed by atoms with van der Waals surface area (Å²) in [7, 11) is 0. The number of benzene rings is 1. The molecule has 0 saturated heterocycles. The van der Waals surface area contributed by atoms with E-state index in [0.29, 0.717) is 21.6 Å². The Labute approximate surface area is 118 Å². The van der Waals surface area contributed by atoms with Gasteiger partial charge in [0.15, 0.2) is 0 Å². The van der Waals surface area contributed by atoms with Crippen LogP contribution in [0, 0.1) is 0 Å². The number of hydrogen-bond acceptors (Lipinski definition) is 3. The minimum atomic E-state index is -0.236. The molecule has 1 heterocycles. The fourth-order valence-corrected chi connectivity index (χ4v) is 1.95. The zero-order valence-corrected chi connectivity index (χ0v) is 11.6. The predicted octanol–water partition coefficient (Wildman–Crippen LogP) is 2.82. The van der Waals surface area contributed by atoms with Crippen LogP contribution < -0.4 is 5.32 Å². The first-order valence-electron chi connectivity index (χ1n) is 5.15. The van der Waals surface area contributed by atoms with Crippen molar-refractivity contribution in [2.45, 2.75) is 6.54 Å². The molecule has 2 aromatic rings. The van der Waals surface area contributed by atoms with Gasteiger partial charge in [0, 0.05) is 10.7 Å². The van der Waals surface area contributed by atoms with E-state index in [0.717, 1.165) is 5.69 Å². The molecule has 0 aliphatic heterocycles. The van der Waals surface area contributed by atoms with Gasteiger partial charge in [-0.2, -0.15) is 0 Å². The lowest BCUT2D eigenvalue weighted by molar-refractivity contribution is 0.0950. The van der Waals surface area contributed by atoms with E-state index in [9.17, 15) is 4.79 Å². The first kappa shape index (κ1) is 13.0. The lowest BCUT2D eigenvalue weighted by atomic mass is 10.2. The third kappa shape index (κ3) is 3.05. The van der Waals surface area contributed by atoms with E-state index in [-0.39, 0.29) is 5.91 Å². The molecule has 2 rings (SSSR count). The highest BCUT2D eigenvalue weighted by Gasteiger charge is 2.11. The lowest BCUT2D eigenvalue weighted by Crippen LogP contribution is -2.23. The van der Waals surface area contributed by atoms with Gasteiger partial charge in [0.1, 0.15) is 6.33 Å². The quantitative estimate of drug-likeness (QED) is 0.943. The third-order valence-electron chi connectivity index (χ3n) is 2.27. The molecular weight excluding hydrogens is 318 g/mol. The normalized spacial score (nSPS) is 10.1. The summed E-state index contributed by atoms with van der Waals surface area (Å²) in [6.45, 7) is 0.337. The van der Waals surface area contributed by atoms with Crippen LogP contribution in [0.25, 0.3) is 0 Å². The van der Waals surface area contributed by atoms with Crippen LogP contribution in [-0.4, -0.2) is 15.9 Å². The van der Waals surface area contributed by atoms with Gasteiger partial charge in [-0.05, 0) is 34.1 Å².